The van der Waals surface area contributed by atoms with Crippen molar-refractivity contribution >= 4 is 17.2 Å². The highest BCUT2D eigenvalue weighted by atomic mass is 32.1. The minimum Gasteiger partial charge on any atom is -0.394 e. The second kappa shape index (κ2) is 6.53. The molecular formula is C15H25NO2S. The second-order valence-corrected chi connectivity index (χ2v) is 7.39. The summed E-state index contributed by atoms with van der Waals surface area (Å²) in [6.07, 6.45) is 0.762. The van der Waals surface area contributed by atoms with Gasteiger partial charge in [-0.3, -0.25) is 4.79 Å². The Bertz CT molecular complexity index is 418. The zero-order chi connectivity index (χ0) is 14.6. The molecule has 108 valence electrons. The SMILES string of the molecule is CC(C)c1ccsc1C(=O)NC(CO)CC(C)(C)C. The van der Waals surface area contributed by atoms with Crippen LogP contribution < -0.4 is 5.32 Å². The average molecular weight is 283 g/mol. The highest BCUT2D eigenvalue weighted by Gasteiger charge is 2.22. The molecule has 0 spiro atoms. The lowest BCUT2D eigenvalue weighted by Gasteiger charge is -2.25. The first-order chi connectivity index (χ1) is 8.74. The van der Waals surface area contributed by atoms with E-state index in [0.29, 0.717) is 5.92 Å². The number of aliphatic hydroxyl groups is 1. The predicted octanol–water partition coefficient (Wildman–Crippen LogP) is 3.40. The van der Waals surface area contributed by atoms with Crippen molar-refractivity contribution in [1.82, 2.24) is 5.32 Å². The maximum Gasteiger partial charge on any atom is 0.261 e. The molecule has 3 nitrogen and oxygen atoms in total. The zero-order valence-corrected chi connectivity index (χ0v) is 13.3. The average Bonchev–Trinajstić information content (AvgIpc) is 2.74. The van der Waals surface area contributed by atoms with Crippen molar-refractivity contribution in [1.29, 1.82) is 0 Å². The summed E-state index contributed by atoms with van der Waals surface area (Å²) in [7, 11) is 0. The summed E-state index contributed by atoms with van der Waals surface area (Å²) >= 11 is 1.46. The molecule has 0 aliphatic carbocycles. The summed E-state index contributed by atoms with van der Waals surface area (Å²) in [6, 6.07) is 1.82. The van der Waals surface area contributed by atoms with Crippen LogP contribution in [0.15, 0.2) is 11.4 Å². The van der Waals surface area contributed by atoms with Gasteiger partial charge in [-0.2, -0.15) is 0 Å². The van der Waals surface area contributed by atoms with Gasteiger partial charge in [0.15, 0.2) is 0 Å². The van der Waals surface area contributed by atoms with Crippen LogP contribution in [0.1, 0.15) is 62.2 Å². The molecule has 4 heteroatoms. The molecule has 0 bridgehead atoms. The molecule has 1 amide bonds. The lowest BCUT2D eigenvalue weighted by Crippen LogP contribution is -2.40. The van der Waals surface area contributed by atoms with E-state index >= 15 is 0 Å². The van der Waals surface area contributed by atoms with Crippen LogP contribution in [0.2, 0.25) is 0 Å². The van der Waals surface area contributed by atoms with Crippen molar-refractivity contribution in [3.05, 3.63) is 21.9 Å². The van der Waals surface area contributed by atoms with Gasteiger partial charge in [-0.15, -0.1) is 11.3 Å². The van der Waals surface area contributed by atoms with Gasteiger partial charge in [-0.1, -0.05) is 34.6 Å². The summed E-state index contributed by atoms with van der Waals surface area (Å²) in [5, 5.41) is 14.3. The van der Waals surface area contributed by atoms with Gasteiger partial charge in [-0.05, 0) is 34.8 Å². The number of rotatable bonds is 5. The van der Waals surface area contributed by atoms with Crippen LogP contribution in [0.5, 0.6) is 0 Å². The van der Waals surface area contributed by atoms with E-state index in [1.54, 1.807) is 0 Å². The van der Waals surface area contributed by atoms with Crippen molar-refractivity contribution in [3.8, 4) is 0 Å². The molecule has 0 aromatic carbocycles. The standard InChI is InChI=1S/C15H25NO2S/c1-10(2)12-6-7-19-13(12)14(18)16-11(9-17)8-15(3,4)5/h6-7,10-11,17H,8-9H2,1-5H3,(H,16,18). The van der Waals surface area contributed by atoms with E-state index in [9.17, 15) is 9.90 Å². The predicted molar refractivity (Wildman–Crippen MR) is 80.8 cm³/mol. The summed E-state index contributed by atoms with van der Waals surface area (Å²) in [6.45, 7) is 10.5. The third-order valence-electron chi connectivity index (χ3n) is 2.94. The van der Waals surface area contributed by atoms with E-state index in [4.69, 9.17) is 0 Å². The van der Waals surface area contributed by atoms with E-state index in [1.807, 2.05) is 11.4 Å². The topological polar surface area (TPSA) is 49.3 Å². The number of hydrogen-bond donors (Lipinski definition) is 2. The van der Waals surface area contributed by atoms with Crippen molar-refractivity contribution in [2.45, 2.75) is 53.0 Å². The molecule has 1 aromatic heterocycles. The van der Waals surface area contributed by atoms with Crippen LogP contribution in [0.3, 0.4) is 0 Å². The van der Waals surface area contributed by atoms with Gasteiger partial charge in [-0.25, -0.2) is 0 Å². The number of thiophene rings is 1. The minimum absolute atomic E-state index is 0.0224. The third kappa shape index (κ3) is 4.96. The summed E-state index contributed by atoms with van der Waals surface area (Å²) in [5.41, 5.74) is 1.16. The first-order valence-corrected chi connectivity index (χ1v) is 7.61. The van der Waals surface area contributed by atoms with Crippen LogP contribution in [0, 0.1) is 5.41 Å². The lowest BCUT2D eigenvalue weighted by molar-refractivity contribution is 0.0900. The smallest absolute Gasteiger partial charge is 0.261 e. The molecule has 1 rings (SSSR count). The Labute approximate surface area is 120 Å². The van der Waals surface area contributed by atoms with Crippen LogP contribution in [-0.4, -0.2) is 23.7 Å². The van der Waals surface area contributed by atoms with Crippen LogP contribution in [0.25, 0.3) is 0 Å². The van der Waals surface area contributed by atoms with Crippen molar-refractivity contribution in [2.24, 2.45) is 5.41 Å². The van der Waals surface area contributed by atoms with Crippen LogP contribution in [-0.2, 0) is 0 Å². The highest BCUT2D eigenvalue weighted by Crippen LogP contribution is 2.25. The van der Waals surface area contributed by atoms with Gasteiger partial charge in [0.25, 0.3) is 5.91 Å². The number of carbonyl (C=O) groups excluding carboxylic acids is 1. The first-order valence-electron chi connectivity index (χ1n) is 6.73. The number of hydrogen-bond acceptors (Lipinski definition) is 3. The molecule has 19 heavy (non-hydrogen) atoms. The molecule has 0 aliphatic rings. The molecule has 0 aliphatic heterocycles. The number of aliphatic hydroxyl groups excluding tert-OH is 1. The molecule has 1 unspecified atom stereocenters. The normalized spacial score (nSPS) is 13.6. The highest BCUT2D eigenvalue weighted by molar-refractivity contribution is 7.12. The van der Waals surface area contributed by atoms with Crippen LogP contribution >= 0.6 is 11.3 Å². The molecule has 0 saturated carbocycles. The Morgan fingerprint density at radius 3 is 2.53 bits per heavy atom. The van der Waals surface area contributed by atoms with E-state index < -0.39 is 0 Å². The van der Waals surface area contributed by atoms with Gasteiger partial charge in [0, 0.05) is 0 Å². The Kier molecular flexibility index (Phi) is 5.56. The monoisotopic (exact) mass is 283 g/mol. The van der Waals surface area contributed by atoms with E-state index in [-0.39, 0.29) is 24.0 Å². The lowest BCUT2D eigenvalue weighted by atomic mass is 9.88. The van der Waals surface area contributed by atoms with Gasteiger partial charge in [0.1, 0.15) is 0 Å². The van der Waals surface area contributed by atoms with Gasteiger partial charge in [0.2, 0.25) is 0 Å². The Hall–Kier alpha value is -0.870. The summed E-state index contributed by atoms with van der Waals surface area (Å²) in [4.78, 5) is 13.0. The third-order valence-corrected chi connectivity index (χ3v) is 3.87. The molecule has 0 fully saturated rings. The van der Waals surface area contributed by atoms with Gasteiger partial charge >= 0.3 is 0 Å². The molecule has 1 aromatic rings. The first kappa shape index (κ1) is 16.2. The maximum absolute atomic E-state index is 12.3. The second-order valence-electron chi connectivity index (χ2n) is 6.48. The van der Waals surface area contributed by atoms with E-state index in [0.717, 1.165) is 16.9 Å². The van der Waals surface area contributed by atoms with E-state index in [2.05, 4.69) is 39.9 Å². The minimum atomic E-state index is -0.186. The molecule has 0 saturated heterocycles. The Morgan fingerprint density at radius 1 is 1.42 bits per heavy atom. The Morgan fingerprint density at radius 2 is 2.05 bits per heavy atom. The molecule has 0 radical (unpaired) electrons. The van der Waals surface area contributed by atoms with Crippen molar-refractivity contribution in [2.75, 3.05) is 6.61 Å². The number of carbonyl (C=O) groups is 1. The van der Waals surface area contributed by atoms with Crippen molar-refractivity contribution in [3.63, 3.8) is 0 Å². The molecular weight excluding hydrogens is 258 g/mol. The fourth-order valence-electron chi connectivity index (χ4n) is 2.11. The molecule has 2 N–H and O–H groups in total. The maximum atomic E-state index is 12.3. The quantitative estimate of drug-likeness (QED) is 0.870. The molecule has 1 atom stereocenters. The van der Waals surface area contributed by atoms with E-state index in [1.165, 1.54) is 11.3 Å². The van der Waals surface area contributed by atoms with Gasteiger partial charge in [0.05, 0.1) is 17.5 Å². The number of nitrogens with one attached hydrogen (secondary N) is 1. The zero-order valence-electron chi connectivity index (χ0n) is 12.5. The molecule has 1 heterocycles. The summed E-state index contributed by atoms with van der Waals surface area (Å²) < 4.78 is 0. The summed E-state index contributed by atoms with van der Waals surface area (Å²) in [5.74, 6) is 0.268. The largest absolute Gasteiger partial charge is 0.394 e. The fourth-order valence-corrected chi connectivity index (χ4v) is 3.07. The van der Waals surface area contributed by atoms with Crippen molar-refractivity contribution < 1.29 is 9.90 Å². The Balaban J connectivity index is 2.75. The van der Waals surface area contributed by atoms with Crippen LogP contribution in [0.4, 0.5) is 0 Å². The van der Waals surface area contributed by atoms with Gasteiger partial charge < -0.3 is 10.4 Å². The number of amides is 1. The fraction of sp³-hybridized carbons (Fsp3) is 0.667.